The number of rotatable bonds is 3. The molecule has 0 aliphatic heterocycles. The van der Waals surface area contributed by atoms with Crippen LogP contribution in [-0.2, 0) is 0 Å². The topological polar surface area (TPSA) is 49.8 Å². The maximum absolute atomic E-state index is 12.2. The third-order valence-electron chi connectivity index (χ3n) is 1.93. The molecule has 1 rings (SSSR count). The summed E-state index contributed by atoms with van der Waals surface area (Å²) in [6.45, 7) is 0. The van der Waals surface area contributed by atoms with Gasteiger partial charge in [0.05, 0.1) is 12.5 Å². The lowest BCUT2D eigenvalue weighted by Gasteiger charge is -2.08. The molecule has 74 valence electrons. The molecule has 0 aromatic heterocycles. The zero-order chi connectivity index (χ0) is 10.6. The molecular formula is C10H10F2N2. The number of hydrogen-bond donors (Lipinski definition) is 1. The van der Waals surface area contributed by atoms with Crippen LogP contribution >= 0.6 is 0 Å². The van der Waals surface area contributed by atoms with Crippen LogP contribution in [-0.4, -0.2) is 0 Å². The van der Waals surface area contributed by atoms with Gasteiger partial charge in [0.2, 0.25) is 0 Å². The molecule has 14 heavy (non-hydrogen) atoms. The van der Waals surface area contributed by atoms with Crippen molar-refractivity contribution in [1.29, 1.82) is 5.26 Å². The second-order valence-corrected chi connectivity index (χ2v) is 2.94. The zero-order valence-corrected chi connectivity index (χ0v) is 7.45. The van der Waals surface area contributed by atoms with Crippen molar-refractivity contribution in [2.24, 2.45) is 5.73 Å². The standard InChI is InChI=1S/C10H10F2N2/c11-10(12)8-3-1-7(2-4-8)9(14)5-6-13/h1-4,9-10H,5,14H2. The first-order valence-corrected chi connectivity index (χ1v) is 4.15. The van der Waals surface area contributed by atoms with Crippen LogP contribution in [0.15, 0.2) is 24.3 Å². The highest BCUT2D eigenvalue weighted by molar-refractivity contribution is 5.25. The molecule has 0 amide bonds. The van der Waals surface area contributed by atoms with Crippen molar-refractivity contribution in [1.82, 2.24) is 0 Å². The molecular weight excluding hydrogens is 186 g/mol. The average Bonchev–Trinajstić information content (AvgIpc) is 2.18. The van der Waals surface area contributed by atoms with E-state index < -0.39 is 12.5 Å². The van der Waals surface area contributed by atoms with Crippen molar-refractivity contribution in [2.75, 3.05) is 0 Å². The molecule has 0 fully saturated rings. The van der Waals surface area contributed by atoms with Crippen LogP contribution in [0, 0.1) is 11.3 Å². The number of nitrogens with two attached hydrogens (primary N) is 1. The molecule has 1 atom stereocenters. The molecule has 0 aliphatic carbocycles. The van der Waals surface area contributed by atoms with E-state index in [4.69, 9.17) is 11.0 Å². The fraction of sp³-hybridized carbons (Fsp3) is 0.300. The summed E-state index contributed by atoms with van der Waals surface area (Å²) in [4.78, 5) is 0. The van der Waals surface area contributed by atoms with Gasteiger partial charge in [0.25, 0.3) is 6.43 Å². The van der Waals surface area contributed by atoms with Crippen LogP contribution in [0.5, 0.6) is 0 Å². The number of halogens is 2. The monoisotopic (exact) mass is 196 g/mol. The summed E-state index contributed by atoms with van der Waals surface area (Å²) in [5, 5.41) is 8.39. The highest BCUT2D eigenvalue weighted by Gasteiger charge is 2.08. The van der Waals surface area contributed by atoms with E-state index in [1.165, 1.54) is 24.3 Å². The average molecular weight is 196 g/mol. The molecule has 0 saturated heterocycles. The van der Waals surface area contributed by atoms with Gasteiger partial charge in [0, 0.05) is 11.6 Å². The number of nitriles is 1. The molecule has 0 radical (unpaired) electrons. The van der Waals surface area contributed by atoms with Gasteiger partial charge in [0.1, 0.15) is 0 Å². The molecule has 2 nitrogen and oxygen atoms in total. The molecule has 0 heterocycles. The predicted octanol–water partition coefficient (Wildman–Crippen LogP) is 2.54. The van der Waals surface area contributed by atoms with Gasteiger partial charge in [0.15, 0.2) is 0 Å². The van der Waals surface area contributed by atoms with Gasteiger partial charge >= 0.3 is 0 Å². The molecule has 4 heteroatoms. The van der Waals surface area contributed by atoms with Crippen molar-refractivity contribution in [3.8, 4) is 6.07 Å². The van der Waals surface area contributed by atoms with Crippen LogP contribution in [0.25, 0.3) is 0 Å². The molecule has 1 aromatic carbocycles. The summed E-state index contributed by atoms with van der Waals surface area (Å²) < 4.78 is 24.3. The first-order valence-electron chi connectivity index (χ1n) is 4.15. The Morgan fingerprint density at radius 3 is 2.14 bits per heavy atom. The Bertz CT molecular complexity index is 327. The van der Waals surface area contributed by atoms with E-state index in [9.17, 15) is 8.78 Å². The minimum atomic E-state index is -2.46. The molecule has 0 bridgehead atoms. The van der Waals surface area contributed by atoms with Crippen LogP contribution in [0.4, 0.5) is 8.78 Å². The Morgan fingerprint density at radius 2 is 1.71 bits per heavy atom. The third kappa shape index (κ3) is 2.51. The molecule has 0 spiro atoms. The van der Waals surface area contributed by atoms with Crippen LogP contribution in [0.2, 0.25) is 0 Å². The molecule has 0 aliphatic rings. The van der Waals surface area contributed by atoms with Crippen molar-refractivity contribution in [2.45, 2.75) is 18.9 Å². The summed E-state index contributed by atoms with van der Waals surface area (Å²) in [5.74, 6) is 0. The minimum absolute atomic E-state index is 0.0297. The van der Waals surface area contributed by atoms with E-state index in [2.05, 4.69) is 0 Å². The fourth-order valence-corrected chi connectivity index (χ4v) is 1.10. The van der Waals surface area contributed by atoms with Gasteiger partial charge in [-0.2, -0.15) is 5.26 Å². The number of alkyl halides is 2. The Labute approximate surface area is 81.0 Å². The number of nitrogens with zero attached hydrogens (tertiary/aromatic N) is 1. The van der Waals surface area contributed by atoms with Crippen molar-refractivity contribution < 1.29 is 8.78 Å². The molecule has 2 N–H and O–H groups in total. The van der Waals surface area contributed by atoms with Gasteiger partial charge < -0.3 is 5.73 Å². The van der Waals surface area contributed by atoms with E-state index in [1.807, 2.05) is 6.07 Å². The van der Waals surface area contributed by atoms with E-state index in [1.54, 1.807) is 0 Å². The maximum atomic E-state index is 12.2. The van der Waals surface area contributed by atoms with E-state index in [0.717, 1.165) is 0 Å². The van der Waals surface area contributed by atoms with Crippen molar-refractivity contribution in [3.63, 3.8) is 0 Å². The van der Waals surface area contributed by atoms with Crippen LogP contribution < -0.4 is 5.73 Å². The molecule has 1 aromatic rings. The Balaban J connectivity index is 2.78. The summed E-state index contributed by atoms with van der Waals surface area (Å²) in [6.07, 6.45) is -2.27. The second-order valence-electron chi connectivity index (χ2n) is 2.94. The third-order valence-corrected chi connectivity index (χ3v) is 1.93. The largest absolute Gasteiger partial charge is 0.323 e. The molecule has 1 unspecified atom stereocenters. The fourth-order valence-electron chi connectivity index (χ4n) is 1.10. The summed E-state index contributed by atoms with van der Waals surface area (Å²) in [5.41, 5.74) is 6.30. The molecule has 0 saturated carbocycles. The Hall–Kier alpha value is -1.47. The van der Waals surface area contributed by atoms with E-state index in [0.29, 0.717) is 5.56 Å². The highest BCUT2D eigenvalue weighted by atomic mass is 19.3. The quantitative estimate of drug-likeness (QED) is 0.807. The first kappa shape index (κ1) is 10.6. The number of benzene rings is 1. The Morgan fingerprint density at radius 1 is 1.21 bits per heavy atom. The van der Waals surface area contributed by atoms with Gasteiger partial charge in [-0.15, -0.1) is 0 Å². The minimum Gasteiger partial charge on any atom is -0.323 e. The van der Waals surface area contributed by atoms with Gasteiger partial charge in [-0.25, -0.2) is 8.78 Å². The van der Waals surface area contributed by atoms with Crippen LogP contribution in [0.1, 0.15) is 30.0 Å². The second kappa shape index (κ2) is 4.68. The predicted molar refractivity (Wildman–Crippen MR) is 48.6 cm³/mol. The Kier molecular flexibility index (Phi) is 3.55. The normalized spacial score (nSPS) is 12.5. The van der Waals surface area contributed by atoms with Gasteiger partial charge in [-0.05, 0) is 5.56 Å². The van der Waals surface area contributed by atoms with Crippen molar-refractivity contribution in [3.05, 3.63) is 35.4 Å². The van der Waals surface area contributed by atoms with Crippen molar-refractivity contribution >= 4 is 0 Å². The summed E-state index contributed by atoms with van der Waals surface area (Å²) in [6, 6.07) is 7.26. The smallest absolute Gasteiger partial charge is 0.263 e. The van der Waals surface area contributed by atoms with Crippen LogP contribution in [0.3, 0.4) is 0 Å². The van der Waals surface area contributed by atoms with E-state index >= 15 is 0 Å². The lowest BCUT2D eigenvalue weighted by molar-refractivity contribution is 0.151. The zero-order valence-electron chi connectivity index (χ0n) is 7.45. The lowest BCUT2D eigenvalue weighted by atomic mass is 10.0. The highest BCUT2D eigenvalue weighted by Crippen LogP contribution is 2.21. The SMILES string of the molecule is N#CCC(N)c1ccc(C(F)F)cc1. The summed E-state index contributed by atoms with van der Waals surface area (Å²) in [7, 11) is 0. The maximum Gasteiger partial charge on any atom is 0.263 e. The number of hydrogen-bond acceptors (Lipinski definition) is 2. The lowest BCUT2D eigenvalue weighted by Crippen LogP contribution is -2.08. The first-order chi connectivity index (χ1) is 6.65. The van der Waals surface area contributed by atoms with Gasteiger partial charge in [-0.1, -0.05) is 24.3 Å². The summed E-state index contributed by atoms with van der Waals surface area (Å²) >= 11 is 0. The van der Waals surface area contributed by atoms with E-state index in [-0.39, 0.29) is 12.0 Å². The van der Waals surface area contributed by atoms with Gasteiger partial charge in [-0.3, -0.25) is 0 Å².